The Morgan fingerprint density at radius 3 is 2.35 bits per heavy atom. The maximum Gasteiger partial charge on any atom is 0.408 e. The van der Waals surface area contributed by atoms with Gasteiger partial charge in [0.2, 0.25) is 5.91 Å². The van der Waals surface area contributed by atoms with Crippen molar-refractivity contribution in [1.82, 2.24) is 10.2 Å². The molecule has 8 heteroatoms. The molecule has 1 rings (SSSR count). The molecule has 1 atom stereocenters. The third kappa shape index (κ3) is 7.03. The summed E-state index contributed by atoms with van der Waals surface area (Å²) in [4.78, 5) is 24.0. The van der Waals surface area contributed by atoms with Crippen molar-refractivity contribution in [1.29, 1.82) is 0 Å². The van der Waals surface area contributed by atoms with E-state index in [4.69, 9.17) is 5.73 Å². The van der Waals surface area contributed by atoms with Gasteiger partial charge in [0, 0.05) is 19.5 Å². The first kappa shape index (κ1) is 18.8. The van der Waals surface area contributed by atoms with E-state index in [1.165, 1.54) is 4.90 Å². The summed E-state index contributed by atoms with van der Waals surface area (Å²) >= 11 is 0. The molecule has 23 heavy (non-hydrogen) atoms. The Hall–Kier alpha value is -2.25. The molecule has 1 aromatic carbocycles. The molecule has 0 radical (unpaired) electrons. The summed E-state index contributed by atoms with van der Waals surface area (Å²) in [7, 11) is 0. The van der Waals surface area contributed by atoms with Crippen LogP contribution in [0.2, 0.25) is 0 Å². The van der Waals surface area contributed by atoms with Crippen molar-refractivity contribution in [3.63, 3.8) is 0 Å². The van der Waals surface area contributed by atoms with Crippen molar-refractivity contribution < 1.29 is 22.8 Å². The highest BCUT2D eigenvalue weighted by Gasteiger charge is 2.37. The molecule has 5 nitrogen and oxygen atoms in total. The quantitative estimate of drug-likeness (QED) is 0.802. The maximum atomic E-state index is 12.5. The fraction of sp³-hybridized carbons (Fsp3) is 0.467. The van der Waals surface area contributed by atoms with E-state index in [-0.39, 0.29) is 19.5 Å². The average molecular weight is 331 g/mol. The SMILES string of the molecule is C[C@@H](NC(=O)N(CCC(N)=O)CCc1ccccc1)C(F)(F)F. The molecule has 0 spiro atoms. The van der Waals surface area contributed by atoms with Crippen LogP contribution in [0.1, 0.15) is 18.9 Å². The van der Waals surface area contributed by atoms with E-state index in [9.17, 15) is 22.8 Å². The Balaban J connectivity index is 2.67. The molecule has 0 heterocycles. The predicted octanol–water partition coefficient (Wildman–Crippen LogP) is 2.07. The molecule has 0 aromatic heterocycles. The molecule has 0 fully saturated rings. The number of primary amides is 1. The fourth-order valence-corrected chi connectivity index (χ4v) is 1.83. The van der Waals surface area contributed by atoms with Crippen molar-refractivity contribution in [2.24, 2.45) is 5.73 Å². The van der Waals surface area contributed by atoms with Gasteiger partial charge in [0.05, 0.1) is 0 Å². The number of alkyl halides is 3. The molecule has 0 aliphatic heterocycles. The van der Waals surface area contributed by atoms with Crippen LogP contribution in [0.3, 0.4) is 0 Å². The molecule has 0 unspecified atom stereocenters. The van der Waals surface area contributed by atoms with Crippen LogP contribution in [0, 0.1) is 0 Å². The number of rotatable bonds is 7. The second-order valence-electron chi connectivity index (χ2n) is 5.15. The Labute approximate surface area is 132 Å². The molecular formula is C15H20F3N3O2. The van der Waals surface area contributed by atoms with Gasteiger partial charge in [0.25, 0.3) is 0 Å². The number of nitrogens with one attached hydrogen (secondary N) is 1. The number of urea groups is 1. The highest BCUT2D eigenvalue weighted by atomic mass is 19.4. The van der Waals surface area contributed by atoms with Crippen molar-refractivity contribution in [3.05, 3.63) is 35.9 Å². The molecule has 1 aromatic rings. The summed E-state index contributed by atoms with van der Waals surface area (Å²) in [5, 5.41) is 1.89. The summed E-state index contributed by atoms with van der Waals surface area (Å²) in [6, 6.07) is 6.36. The highest BCUT2D eigenvalue weighted by molar-refractivity contribution is 5.77. The lowest BCUT2D eigenvalue weighted by atomic mass is 10.1. The van der Waals surface area contributed by atoms with E-state index in [1.54, 1.807) is 0 Å². The lowest BCUT2D eigenvalue weighted by Crippen LogP contribution is -2.50. The monoisotopic (exact) mass is 331 g/mol. The van der Waals surface area contributed by atoms with Crippen molar-refractivity contribution in [2.45, 2.75) is 32.0 Å². The number of nitrogens with zero attached hydrogens (tertiary/aromatic N) is 1. The van der Waals surface area contributed by atoms with Crippen LogP contribution >= 0.6 is 0 Å². The minimum Gasteiger partial charge on any atom is -0.370 e. The van der Waals surface area contributed by atoms with E-state index in [1.807, 2.05) is 35.6 Å². The first-order valence-electron chi connectivity index (χ1n) is 7.14. The Kier molecular flexibility index (Phi) is 6.87. The predicted molar refractivity (Wildman–Crippen MR) is 79.6 cm³/mol. The lowest BCUT2D eigenvalue weighted by Gasteiger charge is -2.26. The van der Waals surface area contributed by atoms with Gasteiger partial charge in [-0.3, -0.25) is 4.79 Å². The van der Waals surface area contributed by atoms with Crippen LogP contribution in [0.25, 0.3) is 0 Å². The number of halogens is 3. The van der Waals surface area contributed by atoms with Gasteiger partial charge in [0.1, 0.15) is 6.04 Å². The number of carbonyl (C=O) groups is 2. The van der Waals surface area contributed by atoms with Crippen molar-refractivity contribution in [2.75, 3.05) is 13.1 Å². The first-order chi connectivity index (χ1) is 10.7. The molecule has 0 saturated heterocycles. The summed E-state index contributed by atoms with van der Waals surface area (Å²) in [5.74, 6) is -0.619. The van der Waals surface area contributed by atoms with Crippen LogP contribution < -0.4 is 11.1 Å². The zero-order chi connectivity index (χ0) is 17.5. The van der Waals surface area contributed by atoms with Gasteiger partial charge in [-0.25, -0.2) is 4.79 Å². The molecule has 0 bridgehead atoms. The van der Waals surface area contributed by atoms with Gasteiger partial charge in [-0.1, -0.05) is 30.3 Å². The van der Waals surface area contributed by atoms with E-state index in [0.717, 1.165) is 12.5 Å². The van der Waals surface area contributed by atoms with Gasteiger partial charge in [-0.05, 0) is 18.9 Å². The minimum absolute atomic E-state index is 0.0292. The van der Waals surface area contributed by atoms with Gasteiger partial charge >= 0.3 is 12.2 Å². The van der Waals surface area contributed by atoms with Crippen LogP contribution in [0.15, 0.2) is 30.3 Å². The maximum absolute atomic E-state index is 12.5. The molecule has 0 aliphatic rings. The van der Waals surface area contributed by atoms with Crippen molar-refractivity contribution >= 4 is 11.9 Å². The first-order valence-corrected chi connectivity index (χ1v) is 7.14. The van der Waals surface area contributed by atoms with Crippen LogP contribution in [0.4, 0.5) is 18.0 Å². The third-order valence-electron chi connectivity index (χ3n) is 3.26. The van der Waals surface area contributed by atoms with E-state index in [2.05, 4.69) is 0 Å². The number of amides is 3. The Morgan fingerprint density at radius 1 is 1.22 bits per heavy atom. The smallest absolute Gasteiger partial charge is 0.370 e. The summed E-state index contributed by atoms with van der Waals surface area (Å²) in [6.07, 6.45) is -4.17. The second kappa shape index (κ2) is 8.40. The van der Waals surface area contributed by atoms with Crippen molar-refractivity contribution in [3.8, 4) is 0 Å². The summed E-state index contributed by atoms with van der Waals surface area (Å²) < 4.78 is 37.6. The topological polar surface area (TPSA) is 75.4 Å². The van der Waals surface area contributed by atoms with E-state index in [0.29, 0.717) is 6.42 Å². The molecule has 3 amide bonds. The second-order valence-corrected chi connectivity index (χ2v) is 5.15. The number of benzene rings is 1. The van der Waals surface area contributed by atoms with Gasteiger partial charge in [0.15, 0.2) is 0 Å². The molecule has 3 N–H and O–H groups in total. The van der Waals surface area contributed by atoms with Crippen LogP contribution in [-0.4, -0.2) is 42.1 Å². The minimum atomic E-state index is -4.52. The molecule has 0 aliphatic carbocycles. The zero-order valence-electron chi connectivity index (χ0n) is 12.8. The standard InChI is InChI=1S/C15H20F3N3O2/c1-11(15(16,17)18)20-14(23)21(10-8-13(19)22)9-7-12-5-3-2-4-6-12/h2-6,11H,7-10H2,1H3,(H2,19,22)(H,20,23)/t11-/m1/s1. The zero-order valence-corrected chi connectivity index (χ0v) is 12.8. The average Bonchev–Trinajstić information content (AvgIpc) is 2.46. The Morgan fingerprint density at radius 2 is 1.83 bits per heavy atom. The van der Waals surface area contributed by atoms with E-state index >= 15 is 0 Å². The van der Waals surface area contributed by atoms with E-state index < -0.39 is 24.2 Å². The summed E-state index contributed by atoms with van der Waals surface area (Å²) in [6.45, 7) is 1.02. The Bertz CT molecular complexity index is 520. The van der Waals surface area contributed by atoms with Gasteiger partial charge < -0.3 is 16.0 Å². The van der Waals surface area contributed by atoms with Gasteiger partial charge in [-0.2, -0.15) is 13.2 Å². The molecule has 0 saturated carbocycles. The number of hydrogen-bond donors (Lipinski definition) is 2. The normalized spacial score (nSPS) is 12.5. The molecule has 128 valence electrons. The summed E-state index contributed by atoms with van der Waals surface area (Å²) in [5.41, 5.74) is 5.98. The van der Waals surface area contributed by atoms with Gasteiger partial charge in [-0.15, -0.1) is 0 Å². The number of nitrogens with two attached hydrogens (primary N) is 1. The number of carbonyl (C=O) groups excluding carboxylic acids is 2. The molecular weight excluding hydrogens is 311 g/mol. The highest BCUT2D eigenvalue weighted by Crippen LogP contribution is 2.19. The fourth-order valence-electron chi connectivity index (χ4n) is 1.83. The number of hydrogen-bond acceptors (Lipinski definition) is 2. The largest absolute Gasteiger partial charge is 0.408 e. The third-order valence-corrected chi connectivity index (χ3v) is 3.26. The lowest BCUT2D eigenvalue weighted by molar-refractivity contribution is -0.149. The van der Waals surface area contributed by atoms with Crippen LogP contribution in [-0.2, 0) is 11.2 Å². The van der Waals surface area contributed by atoms with Crippen LogP contribution in [0.5, 0.6) is 0 Å².